The smallest absolute Gasteiger partial charge is 0.160 e. The number of rotatable bonds is 5. The first-order chi connectivity index (χ1) is 8.63. The van der Waals surface area contributed by atoms with E-state index in [9.17, 15) is 4.79 Å². The zero-order valence-electron chi connectivity index (χ0n) is 11.3. The average molecular weight is 251 g/mol. The predicted octanol–water partition coefficient (Wildman–Crippen LogP) is 1.29. The number of Topliss-reactive ketones (excluding diaryl/α,β-unsaturated/α-hetero) is 1. The highest BCUT2D eigenvalue weighted by Gasteiger charge is 2.31. The summed E-state index contributed by atoms with van der Waals surface area (Å²) >= 11 is 0. The van der Waals surface area contributed by atoms with E-state index in [0.717, 1.165) is 37.4 Å². The number of carbonyl (C=O) groups excluding carboxylic acids is 1. The summed E-state index contributed by atoms with van der Waals surface area (Å²) in [5.41, 5.74) is 0.960. The molecule has 1 aliphatic carbocycles. The van der Waals surface area contributed by atoms with Crippen LogP contribution in [0.25, 0.3) is 0 Å². The van der Waals surface area contributed by atoms with Gasteiger partial charge in [-0.25, -0.2) is 0 Å². The average Bonchev–Trinajstić information content (AvgIpc) is 2.91. The molecule has 1 saturated carbocycles. The highest BCUT2D eigenvalue weighted by atomic mass is 16.5. The van der Waals surface area contributed by atoms with E-state index in [1.165, 1.54) is 0 Å². The van der Waals surface area contributed by atoms with E-state index >= 15 is 0 Å². The van der Waals surface area contributed by atoms with Crippen LogP contribution >= 0.6 is 0 Å². The number of carbonyl (C=O) groups is 1. The molecular formula is C13H21N3O2. The standard InChI is InChI=1S/C13H21N3O2/c1-15(2)7-8-16-13(12(18-3)9-14-16)10-5-4-6-11(10)17/h9-10H,4-8H2,1-3H3. The van der Waals surface area contributed by atoms with E-state index in [1.807, 2.05) is 18.8 Å². The number of hydrogen-bond acceptors (Lipinski definition) is 4. The Kier molecular flexibility index (Phi) is 4.01. The maximum Gasteiger partial charge on any atom is 0.160 e. The summed E-state index contributed by atoms with van der Waals surface area (Å²) in [7, 11) is 5.69. The van der Waals surface area contributed by atoms with Crippen molar-refractivity contribution in [1.29, 1.82) is 0 Å². The maximum atomic E-state index is 11.9. The Bertz CT molecular complexity index is 426. The summed E-state index contributed by atoms with van der Waals surface area (Å²) in [4.78, 5) is 14.0. The Morgan fingerprint density at radius 3 is 2.89 bits per heavy atom. The number of ether oxygens (including phenoxy) is 1. The van der Waals surface area contributed by atoms with Crippen molar-refractivity contribution >= 4 is 5.78 Å². The fourth-order valence-corrected chi connectivity index (χ4v) is 2.46. The molecule has 5 nitrogen and oxygen atoms in total. The van der Waals surface area contributed by atoms with Crippen LogP contribution in [-0.2, 0) is 11.3 Å². The van der Waals surface area contributed by atoms with Gasteiger partial charge in [-0.05, 0) is 26.9 Å². The van der Waals surface area contributed by atoms with Crippen molar-refractivity contribution in [3.05, 3.63) is 11.9 Å². The fraction of sp³-hybridized carbons (Fsp3) is 0.692. The number of ketones is 1. The molecule has 1 aromatic heterocycles. The van der Waals surface area contributed by atoms with Gasteiger partial charge in [-0.2, -0.15) is 5.10 Å². The largest absolute Gasteiger partial charge is 0.493 e. The van der Waals surface area contributed by atoms with Crippen molar-refractivity contribution in [3.63, 3.8) is 0 Å². The molecule has 1 aromatic rings. The van der Waals surface area contributed by atoms with Crippen molar-refractivity contribution in [2.45, 2.75) is 31.7 Å². The molecule has 0 radical (unpaired) electrons. The van der Waals surface area contributed by atoms with E-state index < -0.39 is 0 Å². The lowest BCUT2D eigenvalue weighted by Gasteiger charge is -2.15. The van der Waals surface area contributed by atoms with Gasteiger partial charge < -0.3 is 9.64 Å². The molecule has 2 rings (SSSR count). The minimum absolute atomic E-state index is 0.0235. The van der Waals surface area contributed by atoms with Gasteiger partial charge >= 0.3 is 0 Å². The van der Waals surface area contributed by atoms with Gasteiger partial charge in [-0.1, -0.05) is 0 Å². The minimum atomic E-state index is -0.0235. The third-order valence-corrected chi connectivity index (χ3v) is 3.46. The van der Waals surface area contributed by atoms with E-state index in [4.69, 9.17) is 4.74 Å². The van der Waals surface area contributed by atoms with E-state index in [0.29, 0.717) is 12.2 Å². The second kappa shape index (κ2) is 5.52. The van der Waals surface area contributed by atoms with Gasteiger partial charge in [0.25, 0.3) is 0 Å². The second-order valence-electron chi connectivity index (χ2n) is 5.04. The van der Waals surface area contributed by atoms with Crippen molar-refractivity contribution in [3.8, 4) is 5.75 Å². The molecule has 1 atom stereocenters. The van der Waals surface area contributed by atoms with E-state index in [1.54, 1.807) is 13.3 Å². The summed E-state index contributed by atoms with van der Waals surface area (Å²) in [6, 6.07) is 0. The summed E-state index contributed by atoms with van der Waals surface area (Å²) in [5.74, 6) is 1.04. The summed E-state index contributed by atoms with van der Waals surface area (Å²) in [6.07, 6.45) is 4.30. The lowest BCUT2D eigenvalue weighted by atomic mass is 10.0. The summed E-state index contributed by atoms with van der Waals surface area (Å²) in [5, 5.41) is 4.35. The fourth-order valence-electron chi connectivity index (χ4n) is 2.46. The Balaban J connectivity index is 2.24. The summed E-state index contributed by atoms with van der Waals surface area (Å²) in [6.45, 7) is 1.69. The number of aromatic nitrogens is 2. The van der Waals surface area contributed by atoms with Crippen LogP contribution in [0.2, 0.25) is 0 Å². The Morgan fingerprint density at radius 2 is 2.33 bits per heavy atom. The van der Waals surface area contributed by atoms with Gasteiger partial charge in [-0.3, -0.25) is 9.48 Å². The van der Waals surface area contributed by atoms with E-state index in [-0.39, 0.29) is 5.92 Å². The molecular weight excluding hydrogens is 230 g/mol. The molecule has 1 heterocycles. The van der Waals surface area contributed by atoms with Crippen LogP contribution in [-0.4, -0.2) is 48.2 Å². The van der Waals surface area contributed by atoms with Gasteiger partial charge in [0.15, 0.2) is 5.75 Å². The van der Waals surface area contributed by atoms with Crippen LogP contribution in [0.1, 0.15) is 30.9 Å². The van der Waals surface area contributed by atoms with Crippen molar-refractivity contribution in [2.75, 3.05) is 27.7 Å². The van der Waals surface area contributed by atoms with Crippen LogP contribution in [0, 0.1) is 0 Å². The first-order valence-corrected chi connectivity index (χ1v) is 6.40. The topological polar surface area (TPSA) is 47.4 Å². The number of methoxy groups -OCH3 is 1. The highest BCUT2D eigenvalue weighted by molar-refractivity contribution is 5.87. The maximum absolute atomic E-state index is 11.9. The molecule has 0 saturated heterocycles. The SMILES string of the molecule is COc1cnn(CCN(C)C)c1C1CCCC1=O. The lowest BCUT2D eigenvalue weighted by molar-refractivity contribution is -0.118. The normalized spacial score (nSPS) is 19.8. The summed E-state index contributed by atoms with van der Waals surface area (Å²) < 4.78 is 7.27. The van der Waals surface area contributed by atoms with Gasteiger partial charge in [0.05, 0.1) is 31.5 Å². The van der Waals surface area contributed by atoms with Gasteiger partial charge in [0, 0.05) is 13.0 Å². The third-order valence-electron chi connectivity index (χ3n) is 3.46. The lowest BCUT2D eigenvalue weighted by Crippen LogP contribution is -2.22. The van der Waals surface area contributed by atoms with Crippen molar-refractivity contribution < 1.29 is 9.53 Å². The van der Waals surface area contributed by atoms with Crippen LogP contribution in [0.15, 0.2) is 6.20 Å². The van der Waals surface area contributed by atoms with Crippen LogP contribution in [0.5, 0.6) is 5.75 Å². The molecule has 0 bridgehead atoms. The molecule has 1 aliphatic rings. The third kappa shape index (κ3) is 2.56. The Labute approximate surface area is 108 Å². The van der Waals surface area contributed by atoms with Gasteiger partial charge in [0.1, 0.15) is 5.78 Å². The molecule has 0 amide bonds. The Morgan fingerprint density at radius 1 is 1.56 bits per heavy atom. The van der Waals surface area contributed by atoms with Crippen LogP contribution < -0.4 is 4.74 Å². The number of nitrogens with zero attached hydrogens (tertiary/aromatic N) is 3. The Hall–Kier alpha value is -1.36. The van der Waals surface area contributed by atoms with Crippen LogP contribution in [0.4, 0.5) is 0 Å². The highest BCUT2D eigenvalue weighted by Crippen LogP contribution is 2.36. The molecule has 0 aliphatic heterocycles. The second-order valence-corrected chi connectivity index (χ2v) is 5.04. The van der Waals surface area contributed by atoms with Crippen molar-refractivity contribution in [1.82, 2.24) is 14.7 Å². The van der Waals surface area contributed by atoms with Gasteiger partial charge in [-0.15, -0.1) is 0 Å². The molecule has 0 aromatic carbocycles. The van der Waals surface area contributed by atoms with Crippen molar-refractivity contribution in [2.24, 2.45) is 0 Å². The van der Waals surface area contributed by atoms with Gasteiger partial charge in [0.2, 0.25) is 0 Å². The first-order valence-electron chi connectivity index (χ1n) is 6.40. The minimum Gasteiger partial charge on any atom is -0.493 e. The monoisotopic (exact) mass is 251 g/mol. The molecule has 0 N–H and O–H groups in total. The molecule has 100 valence electrons. The zero-order chi connectivity index (χ0) is 13.1. The molecule has 18 heavy (non-hydrogen) atoms. The predicted molar refractivity (Wildman–Crippen MR) is 68.9 cm³/mol. The molecule has 1 unspecified atom stereocenters. The first kappa shape index (κ1) is 13.1. The molecule has 1 fully saturated rings. The number of likely N-dealkylation sites (N-methyl/N-ethyl adjacent to an activating group) is 1. The quantitative estimate of drug-likeness (QED) is 0.791. The molecule has 5 heteroatoms. The zero-order valence-corrected chi connectivity index (χ0v) is 11.3. The van der Waals surface area contributed by atoms with Crippen LogP contribution in [0.3, 0.4) is 0 Å². The van der Waals surface area contributed by atoms with E-state index in [2.05, 4.69) is 10.00 Å². The number of hydrogen-bond donors (Lipinski definition) is 0. The molecule has 0 spiro atoms.